The maximum atomic E-state index is 12.6. The van der Waals surface area contributed by atoms with Crippen molar-refractivity contribution in [2.75, 3.05) is 16.8 Å². The van der Waals surface area contributed by atoms with Gasteiger partial charge in [0.25, 0.3) is 0 Å². The van der Waals surface area contributed by atoms with Gasteiger partial charge in [0.15, 0.2) is 0 Å². The molecule has 1 aliphatic rings. The van der Waals surface area contributed by atoms with Gasteiger partial charge in [-0.2, -0.15) is 0 Å². The Balaban J connectivity index is 1.41. The summed E-state index contributed by atoms with van der Waals surface area (Å²) in [6.07, 6.45) is 4.49. The third kappa shape index (κ3) is 4.46. The molecule has 0 saturated carbocycles. The maximum absolute atomic E-state index is 12.6. The van der Waals surface area contributed by atoms with Crippen LogP contribution in [0.15, 0.2) is 60.7 Å². The molecule has 1 unspecified atom stereocenters. The zero-order valence-corrected chi connectivity index (χ0v) is 17.4. The summed E-state index contributed by atoms with van der Waals surface area (Å²) in [7, 11) is 0. The van der Waals surface area contributed by atoms with E-state index in [1.54, 1.807) is 6.08 Å². The molecule has 2 heterocycles. The van der Waals surface area contributed by atoms with Crippen LogP contribution in [0.25, 0.3) is 6.08 Å². The van der Waals surface area contributed by atoms with Gasteiger partial charge in [-0.1, -0.05) is 66.8 Å². The predicted octanol–water partition coefficient (Wildman–Crippen LogP) is 4.27. The Morgan fingerprint density at radius 1 is 1.17 bits per heavy atom. The number of hydrogen-bond donors (Lipinski definition) is 1. The highest BCUT2D eigenvalue weighted by Crippen LogP contribution is 2.35. The summed E-state index contributed by atoms with van der Waals surface area (Å²) in [6.45, 7) is 2.66. The van der Waals surface area contributed by atoms with Crippen molar-refractivity contribution in [3.63, 3.8) is 0 Å². The van der Waals surface area contributed by atoms with E-state index in [9.17, 15) is 9.59 Å². The van der Waals surface area contributed by atoms with Gasteiger partial charge in [0.05, 0.1) is 0 Å². The third-order valence-corrected chi connectivity index (χ3v) is 6.04. The van der Waals surface area contributed by atoms with Crippen LogP contribution in [0.5, 0.6) is 0 Å². The van der Waals surface area contributed by atoms with E-state index in [0.29, 0.717) is 18.1 Å². The maximum Gasteiger partial charge on any atom is 0.250 e. The van der Waals surface area contributed by atoms with Gasteiger partial charge in [0.1, 0.15) is 5.01 Å². The molecule has 2 aromatic carbocycles. The molecule has 2 amide bonds. The Morgan fingerprint density at radius 2 is 1.93 bits per heavy atom. The van der Waals surface area contributed by atoms with Crippen molar-refractivity contribution >= 4 is 40.0 Å². The van der Waals surface area contributed by atoms with Gasteiger partial charge in [-0.25, -0.2) is 0 Å². The average Bonchev–Trinajstić information content (AvgIpc) is 3.39. The van der Waals surface area contributed by atoms with Crippen molar-refractivity contribution in [1.82, 2.24) is 10.2 Å². The number of rotatable bonds is 6. The molecule has 152 valence electrons. The standard InChI is InChI=1S/C23H22N4O2S/c1-2-17-10-6-7-11-19(17)27-15-18(14-21(27)29)22-25-26-23(30-22)24-20(28)13-12-16-8-4-3-5-9-16/h3-13,18H,2,14-15H2,1H3,(H,24,26,28)/b13-12+. The minimum Gasteiger partial charge on any atom is -0.311 e. The number of aromatic nitrogens is 2. The molecule has 1 N–H and O–H groups in total. The quantitative estimate of drug-likeness (QED) is 0.607. The second kappa shape index (κ2) is 9.00. The minimum absolute atomic E-state index is 0.0228. The number of carbonyl (C=O) groups excluding carboxylic acids is 2. The van der Waals surface area contributed by atoms with Crippen molar-refractivity contribution in [2.24, 2.45) is 0 Å². The highest BCUT2D eigenvalue weighted by atomic mass is 32.1. The summed E-state index contributed by atoms with van der Waals surface area (Å²) in [5.41, 5.74) is 3.07. The van der Waals surface area contributed by atoms with E-state index >= 15 is 0 Å². The SMILES string of the molecule is CCc1ccccc1N1CC(c2nnc(NC(=O)/C=C/c3ccccc3)s2)CC1=O. The fraction of sp³-hybridized carbons (Fsp3) is 0.217. The van der Waals surface area contributed by atoms with E-state index < -0.39 is 0 Å². The van der Waals surface area contributed by atoms with Gasteiger partial charge in [-0.3, -0.25) is 14.9 Å². The van der Waals surface area contributed by atoms with Crippen LogP contribution < -0.4 is 10.2 Å². The van der Waals surface area contributed by atoms with Crippen LogP contribution in [-0.4, -0.2) is 28.6 Å². The van der Waals surface area contributed by atoms with Crippen LogP contribution in [0.1, 0.15) is 35.4 Å². The van der Waals surface area contributed by atoms with E-state index in [0.717, 1.165) is 28.2 Å². The first-order chi connectivity index (χ1) is 14.6. The van der Waals surface area contributed by atoms with Crippen molar-refractivity contribution in [2.45, 2.75) is 25.7 Å². The van der Waals surface area contributed by atoms with Crippen LogP contribution in [0.2, 0.25) is 0 Å². The Labute approximate surface area is 179 Å². The van der Waals surface area contributed by atoms with Crippen molar-refractivity contribution < 1.29 is 9.59 Å². The average molecular weight is 419 g/mol. The molecule has 0 radical (unpaired) electrons. The molecular formula is C23H22N4O2S. The third-order valence-electron chi connectivity index (χ3n) is 5.04. The van der Waals surface area contributed by atoms with E-state index in [1.165, 1.54) is 17.4 Å². The molecule has 1 aliphatic heterocycles. The fourth-order valence-electron chi connectivity index (χ4n) is 3.51. The number of anilines is 2. The van der Waals surface area contributed by atoms with Crippen LogP contribution in [0.3, 0.4) is 0 Å². The second-order valence-electron chi connectivity index (χ2n) is 7.07. The highest BCUT2D eigenvalue weighted by molar-refractivity contribution is 7.15. The molecular weight excluding hydrogens is 396 g/mol. The summed E-state index contributed by atoms with van der Waals surface area (Å²) in [5.74, 6) is -0.194. The first-order valence-corrected chi connectivity index (χ1v) is 10.7. The van der Waals surface area contributed by atoms with E-state index in [4.69, 9.17) is 0 Å². The highest BCUT2D eigenvalue weighted by Gasteiger charge is 2.34. The number of hydrogen-bond acceptors (Lipinski definition) is 5. The van der Waals surface area contributed by atoms with E-state index in [-0.39, 0.29) is 17.7 Å². The van der Waals surface area contributed by atoms with Gasteiger partial charge < -0.3 is 4.90 Å². The summed E-state index contributed by atoms with van der Waals surface area (Å²) in [4.78, 5) is 26.6. The number of benzene rings is 2. The molecule has 3 aromatic rings. The largest absolute Gasteiger partial charge is 0.311 e. The summed E-state index contributed by atoms with van der Waals surface area (Å²) >= 11 is 1.32. The van der Waals surface area contributed by atoms with Crippen LogP contribution in [-0.2, 0) is 16.0 Å². The lowest BCUT2D eigenvalue weighted by molar-refractivity contribution is -0.117. The Kier molecular flexibility index (Phi) is 5.99. The number of nitrogens with one attached hydrogen (secondary N) is 1. The normalized spacial score (nSPS) is 16.4. The summed E-state index contributed by atoms with van der Waals surface area (Å²) < 4.78 is 0. The minimum atomic E-state index is -0.262. The Bertz CT molecular complexity index is 1080. The molecule has 0 aliphatic carbocycles. The molecule has 30 heavy (non-hydrogen) atoms. The summed E-state index contributed by atoms with van der Waals surface area (Å²) in [5, 5.41) is 12.3. The zero-order valence-electron chi connectivity index (χ0n) is 16.6. The fourth-order valence-corrected chi connectivity index (χ4v) is 4.35. The molecule has 1 saturated heterocycles. The van der Waals surface area contributed by atoms with Gasteiger partial charge >= 0.3 is 0 Å². The van der Waals surface area contributed by atoms with Crippen molar-refractivity contribution in [3.8, 4) is 0 Å². The molecule has 4 rings (SSSR count). The second-order valence-corrected chi connectivity index (χ2v) is 8.08. The number of nitrogens with zero attached hydrogens (tertiary/aromatic N) is 3. The number of carbonyl (C=O) groups is 2. The van der Waals surface area contributed by atoms with E-state index in [1.807, 2.05) is 53.4 Å². The van der Waals surface area contributed by atoms with Crippen LogP contribution in [0, 0.1) is 0 Å². The molecule has 0 spiro atoms. The van der Waals surface area contributed by atoms with Crippen molar-refractivity contribution in [3.05, 3.63) is 76.8 Å². The zero-order chi connectivity index (χ0) is 20.9. The van der Waals surface area contributed by atoms with Gasteiger partial charge in [0, 0.05) is 30.6 Å². The molecule has 1 fully saturated rings. The van der Waals surface area contributed by atoms with Crippen LogP contribution in [0.4, 0.5) is 10.8 Å². The number of para-hydroxylation sites is 1. The topological polar surface area (TPSA) is 75.2 Å². The van der Waals surface area contributed by atoms with E-state index in [2.05, 4.69) is 28.5 Å². The van der Waals surface area contributed by atoms with Crippen molar-refractivity contribution in [1.29, 1.82) is 0 Å². The smallest absolute Gasteiger partial charge is 0.250 e. The molecule has 7 heteroatoms. The predicted molar refractivity (Wildman–Crippen MR) is 120 cm³/mol. The lowest BCUT2D eigenvalue weighted by atomic mass is 10.1. The number of amides is 2. The molecule has 1 atom stereocenters. The van der Waals surface area contributed by atoms with Gasteiger partial charge in [-0.15, -0.1) is 10.2 Å². The molecule has 0 bridgehead atoms. The van der Waals surface area contributed by atoms with Crippen LogP contribution >= 0.6 is 11.3 Å². The summed E-state index contributed by atoms with van der Waals surface area (Å²) in [6, 6.07) is 17.6. The Hall–Kier alpha value is -3.32. The first-order valence-electron chi connectivity index (χ1n) is 9.90. The van der Waals surface area contributed by atoms with Gasteiger partial charge in [0.2, 0.25) is 16.9 Å². The van der Waals surface area contributed by atoms with Gasteiger partial charge in [-0.05, 0) is 29.7 Å². The first kappa shape index (κ1) is 20.0. The molecule has 1 aromatic heterocycles. The lowest BCUT2D eigenvalue weighted by Crippen LogP contribution is -2.25. The number of aryl methyl sites for hydroxylation is 1. The molecule has 6 nitrogen and oxygen atoms in total. The Morgan fingerprint density at radius 3 is 2.73 bits per heavy atom. The lowest BCUT2D eigenvalue weighted by Gasteiger charge is -2.19. The monoisotopic (exact) mass is 418 g/mol.